The van der Waals surface area contributed by atoms with Gasteiger partial charge in [0, 0.05) is 28.0 Å². The van der Waals surface area contributed by atoms with E-state index in [0.717, 1.165) is 27.5 Å². The van der Waals surface area contributed by atoms with Crippen LogP contribution in [-0.4, -0.2) is 0 Å². The van der Waals surface area contributed by atoms with Crippen molar-refractivity contribution >= 4 is 21.9 Å². The summed E-state index contributed by atoms with van der Waals surface area (Å²) in [5, 5.41) is 1.95. The van der Waals surface area contributed by atoms with Crippen molar-refractivity contribution in [2.45, 2.75) is 13.8 Å². The summed E-state index contributed by atoms with van der Waals surface area (Å²) >= 11 is 0. The van der Waals surface area contributed by atoms with E-state index in [1.807, 2.05) is 25.1 Å². The molecule has 0 saturated carbocycles. The van der Waals surface area contributed by atoms with Crippen molar-refractivity contribution in [3.8, 4) is 22.3 Å². The Kier molecular flexibility index (Phi) is 3.69. The molecule has 0 unspecified atom stereocenters. The lowest BCUT2D eigenvalue weighted by molar-refractivity contribution is 0.552. The second-order valence-corrected chi connectivity index (χ2v) is 7.08. The molecule has 3 heteroatoms. The third-order valence-electron chi connectivity index (χ3n) is 5.45. The smallest absolute Gasteiger partial charge is 0.339 e. The minimum absolute atomic E-state index is 0.298. The van der Waals surface area contributed by atoms with Gasteiger partial charge in [0.05, 0.1) is 6.26 Å². The summed E-state index contributed by atoms with van der Waals surface area (Å²) in [4.78, 5) is 12.0. The molecule has 3 nitrogen and oxygen atoms in total. The Bertz CT molecular complexity index is 1370. The first kappa shape index (κ1) is 16.6. The fourth-order valence-corrected chi connectivity index (χ4v) is 3.66. The molecule has 0 aliphatic rings. The zero-order valence-corrected chi connectivity index (χ0v) is 15.7. The Morgan fingerprint density at radius 2 is 1.36 bits per heavy atom. The van der Waals surface area contributed by atoms with Crippen molar-refractivity contribution in [2.75, 3.05) is 0 Å². The molecule has 0 N–H and O–H groups in total. The molecular weight excluding hydrogens is 348 g/mol. The summed E-state index contributed by atoms with van der Waals surface area (Å²) in [6.45, 7) is 3.75. The van der Waals surface area contributed by atoms with E-state index in [1.54, 1.807) is 19.3 Å². The first-order valence-corrected chi connectivity index (χ1v) is 9.23. The van der Waals surface area contributed by atoms with Gasteiger partial charge in [-0.05, 0) is 42.2 Å². The highest BCUT2D eigenvalue weighted by Crippen LogP contribution is 2.35. The highest BCUT2D eigenvalue weighted by atomic mass is 16.4. The van der Waals surface area contributed by atoms with Gasteiger partial charge in [-0.2, -0.15) is 0 Å². The van der Waals surface area contributed by atoms with Crippen LogP contribution in [0.4, 0.5) is 0 Å². The normalized spacial score (nSPS) is 11.4. The summed E-state index contributed by atoms with van der Waals surface area (Å²) in [6, 6.07) is 22.6. The van der Waals surface area contributed by atoms with E-state index >= 15 is 0 Å². The van der Waals surface area contributed by atoms with Gasteiger partial charge in [0.1, 0.15) is 11.2 Å². The molecule has 0 radical (unpaired) electrons. The Labute approximate surface area is 161 Å². The summed E-state index contributed by atoms with van der Waals surface area (Å²) in [6.07, 6.45) is 1.77. The van der Waals surface area contributed by atoms with Gasteiger partial charge >= 0.3 is 5.63 Å². The van der Waals surface area contributed by atoms with E-state index in [0.29, 0.717) is 16.7 Å². The number of benzene rings is 3. The molecule has 5 rings (SSSR count). The fourth-order valence-electron chi connectivity index (χ4n) is 3.66. The van der Waals surface area contributed by atoms with Gasteiger partial charge in [0.15, 0.2) is 0 Å². The first-order chi connectivity index (χ1) is 13.6. The summed E-state index contributed by atoms with van der Waals surface area (Å²) in [5.74, 6) is 0. The molecule has 0 atom stereocenters. The lowest BCUT2D eigenvalue weighted by atomic mass is 9.98. The quantitative estimate of drug-likeness (QED) is 0.335. The van der Waals surface area contributed by atoms with Crippen LogP contribution in [0.1, 0.15) is 11.1 Å². The standard InChI is InChI=1S/C25H18O3/c1-15-16(2)25(26)28-24-13-23-21(12-20(15)24)22(14-27-23)19-10-8-18(9-11-19)17-6-4-3-5-7-17/h3-14H,1-2H3. The molecule has 3 aromatic carbocycles. The van der Waals surface area contributed by atoms with E-state index in [2.05, 4.69) is 42.5 Å². The predicted octanol–water partition coefficient (Wildman–Crippen LogP) is 6.49. The van der Waals surface area contributed by atoms with Crippen molar-refractivity contribution in [1.29, 1.82) is 0 Å². The average molecular weight is 366 g/mol. The first-order valence-electron chi connectivity index (χ1n) is 9.23. The molecule has 5 aromatic rings. The second kappa shape index (κ2) is 6.24. The van der Waals surface area contributed by atoms with Crippen LogP contribution in [0.15, 0.2) is 86.6 Å². The Morgan fingerprint density at radius 1 is 0.679 bits per heavy atom. The number of fused-ring (bicyclic) bond motifs is 2. The van der Waals surface area contributed by atoms with Crippen molar-refractivity contribution in [1.82, 2.24) is 0 Å². The molecule has 0 saturated heterocycles. The van der Waals surface area contributed by atoms with Crippen molar-refractivity contribution in [3.63, 3.8) is 0 Å². The molecule has 0 aliphatic heterocycles. The number of hydrogen-bond donors (Lipinski definition) is 0. The number of aryl methyl sites for hydroxylation is 1. The zero-order valence-electron chi connectivity index (χ0n) is 15.7. The molecule has 0 spiro atoms. The highest BCUT2D eigenvalue weighted by Gasteiger charge is 2.14. The van der Waals surface area contributed by atoms with E-state index in [9.17, 15) is 4.79 Å². The van der Waals surface area contributed by atoms with Gasteiger partial charge in [-0.3, -0.25) is 0 Å². The molecule has 136 valence electrons. The maximum atomic E-state index is 12.0. The van der Waals surface area contributed by atoms with E-state index < -0.39 is 0 Å². The van der Waals surface area contributed by atoms with Crippen LogP contribution < -0.4 is 5.63 Å². The predicted molar refractivity (Wildman–Crippen MR) is 113 cm³/mol. The van der Waals surface area contributed by atoms with Crippen LogP contribution in [-0.2, 0) is 0 Å². The number of rotatable bonds is 2. The summed E-state index contributed by atoms with van der Waals surface area (Å²) in [7, 11) is 0. The van der Waals surface area contributed by atoms with Crippen LogP contribution in [0.5, 0.6) is 0 Å². The van der Waals surface area contributed by atoms with Crippen LogP contribution in [0, 0.1) is 13.8 Å². The zero-order chi connectivity index (χ0) is 19.3. The Balaban J connectivity index is 1.66. The third kappa shape index (κ3) is 2.55. The van der Waals surface area contributed by atoms with Crippen LogP contribution >= 0.6 is 0 Å². The van der Waals surface area contributed by atoms with E-state index in [4.69, 9.17) is 8.83 Å². The maximum absolute atomic E-state index is 12.0. The monoisotopic (exact) mass is 366 g/mol. The Morgan fingerprint density at radius 3 is 2.11 bits per heavy atom. The number of furan rings is 1. The van der Waals surface area contributed by atoms with Crippen LogP contribution in [0.25, 0.3) is 44.2 Å². The van der Waals surface area contributed by atoms with Crippen molar-refractivity contribution in [2.24, 2.45) is 0 Å². The molecule has 28 heavy (non-hydrogen) atoms. The molecule has 0 fully saturated rings. The summed E-state index contributed by atoms with van der Waals surface area (Å²) in [5.41, 5.74) is 7.04. The lowest BCUT2D eigenvalue weighted by Gasteiger charge is -2.06. The molecule has 2 heterocycles. The molecule has 0 amide bonds. The third-order valence-corrected chi connectivity index (χ3v) is 5.45. The van der Waals surface area contributed by atoms with Gasteiger partial charge in [-0.15, -0.1) is 0 Å². The van der Waals surface area contributed by atoms with Gasteiger partial charge < -0.3 is 8.83 Å². The van der Waals surface area contributed by atoms with Crippen LogP contribution in [0.3, 0.4) is 0 Å². The van der Waals surface area contributed by atoms with Crippen LogP contribution in [0.2, 0.25) is 0 Å². The maximum Gasteiger partial charge on any atom is 0.339 e. The van der Waals surface area contributed by atoms with Crippen molar-refractivity contribution in [3.05, 3.63) is 94.5 Å². The van der Waals surface area contributed by atoms with Gasteiger partial charge in [-0.25, -0.2) is 4.79 Å². The highest BCUT2D eigenvalue weighted by molar-refractivity contribution is 6.02. The average Bonchev–Trinajstić information content (AvgIpc) is 3.14. The minimum atomic E-state index is -0.298. The van der Waals surface area contributed by atoms with E-state index in [-0.39, 0.29) is 5.63 Å². The van der Waals surface area contributed by atoms with Gasteiger partial charge in [-0.1, -0.05) is 54.6 Å². The van der Waals surface area contributed by atoms with Crippen molar-refractivity contribution < 1.29 is 8.83 Å². The number of hydrogen-bond acceptors (Lipinski definition) is 3. The molecular formula is C25H18O3. The lowest BCUT2D eigenvalue weighted by Crippen LogP contribution is -2.05. The largest absolute Gasteiger partial charge is 0.464 e. The topological polar surface area (TPSA) is 43.4 Å². The minimum Gasteiger partial charge on any atom is -0.464 e. The fraction of sp³-hybridized carbons (Fsp3) is 0.0800. The molecule has 2 aromatic heterocycles. The SMILES string of the molecule is Cc1c(C)c2cc3c(-c4ccc(-c5ccccc5)cc4)coc3cc2oc1=O. The van der Waals surface area contributed by atoms with E-state index in [1.165, 1.54) is 11.1 Å². The summed E-state index contributed by atoms with van der Waals surface area (Å²) < 4.78 is 11.2. The van der Waals surface area contributed by atoms with Gasteiger partial charge in [0.2, 0.25) is 0 Å². The molecule has 0 bridgehead atoms. The Hall–Kier alpha value is -3.59. The second-order valence-electron chi connectivity index (χ2n) is 7.08. The molecule has 0 aliphatic carbocycles. The van der Waals surface area contributed by atoms with Gasteiger partial charge in [0.25, 0.3) is 0 Å².